The average molecular weight is 447 g/mol. The van der Waals surface area contributed by atoms with Crippen LogP contribution >= 0.6 is 0 Å². The van der Waals surface area contributed by atoms with E-state index in [0.717, 1.165) is 17.0 Å². The molecule has 0 bridgehead atoms. The Morgan fingerprint density at radius 2 is 1.62 bits per heavy atom. The van der Waals surface area contributed by atoms with E-state index in [-0.39, 0.29) is 16.8 Å². The van der Waals surface area contributed by atoms with Gasteiger partial charge in [0.2, 0.25) is 5.91 Å². The Morgan fingerprint density at radius 3 is 2.19 bits per heavy atom. The van der Waals surface area contributed by atoms with Crippen molar-refractivity contribution in [3.8, 4) is 0 Å². The van der Waals surface area contributed by atoms with E-state index in [4.69, 9.17) is 4.74 Å². The smallest absolute Gasteiger partial charge is 0.378 e. The topological polar surface area (TPSA) is 79.0 Å². The molecule has 2 aliphatic rings. The van der Waals surface area contributed by atoms with Crippen LogP contribution in [0.1, 0.15) is 33.2 Å². The van der Waals surface area contributed by atoms with Crippen molar-refractivity contribution >= 4 is 29.1 Å². The molecule has 0 saturated carbocycles. The lowest BCUT2D eigenvalue weighted by Gasteiger charge is -2.31. The lowest BCUT2D eigenvalue weighted by molar-refractivity contribution is -0.137. The number of halogens is 3. The molecule has 1 atom stereocenters. The van der Waals surface area contributed by atoms with Gasteiger partial charge < -0.3 is 15.0 Å². The predicted molar refractivity (Wildman–Crippen MR) is 110 cm³/mol. The number of nitrogens with zero attached hydrogens (tertiary/aromatic N) is 2. The number of imide groups is 1. The van der Waals surface area contributed by atoms with Gasteiger partial charge >= 0.3 is 6.18 Å². The van der Waals surface area contributed by atoms with Crippen molar-refractivity contribution in [2.75, 3.05) is 36.5 Å². The molecule has 0 radical (unpaired) electrons. The first-order valence-corrected chi connectivity index (χ1v) is 10.00. The Morgan fingerprint density at radius 1 is 1.03 bits per heavy atom. The van der Waals surface area contributed by atoms with Gasteiger partial charge in [-0.3, -0.25) is 19.3 Å². The zero-order valence-electron chi connectivity index (χ0n) is 17.1. The summed E-state index contributed by atoms with van der Waals surface area (Å²) in [4.78, 5) is 40.9. The SMILES string of the molecule is C[C@@H](C(=O)Nc1cc(C(F)(F)F)ccc1N1CCOCC1)N1C(=O)c2ccccc2C1=O. The van der Waals surface area contributed by atoms with Crippen molar-refractivity contribution in [3.63, 3.8) is 0 Å². The molecular formula is C22H20F3N3O4. The maximum atomic E-state index is 13.3. The van der Waals surface area contributed by atoms with Gasteiger partial charge in [0.15, 0.2) is 0 Å². The third kappa shape index (κ3) is 3.93. The van der Waals surface area contributed by atoms with Crippen molar-refractivity contribution in [3.05, 3.63) is 59.2 Å². The molecule has 4 rings (SSSR count). The molecule has 2 aliphatic heterocycles. The third-order valence-electron chi connectivity index (χ3n) is 5.53. The summed E-state index contributed by atoms with van der Waals surface area (Å²) in [5.41, 5.74) is -0.187. The predicted octanol–water partition coefficient (Wildman–Crippen LogP) is 3.17. The fourth-order valence-corrected chi connectivity index (χ4v) is 3.81. The molecule has 1 fully saturated rings. The number of amides is 3. The number of ether oxygens (including phenoxy) is 1. The van der Waals surface area contributed by atoms with Crippen LogP contribution in [-0.4, -0.2) is 55.0 Å². The van der Waals surface area contributed by atoms with Gasteiger partial charge in [-0.25, -0.2) is 0 Å². The van der Waals surface area contributed by atoms with Crippen LogP contribution in [0, 0.1) is 0 Å². The molecule has 2 aromatic carbocycles. The highest BCUT2D eigenvalue weighted by atomic mass is 19.4. The average Bonchev–Trinajstić information content (AvgIpc) is 3.03. The Kier molecular flexibility index (Phi) is 5.64. The van der Waals surface area contributed by atoms with E-state index in [9.17, 15) is 27.6 Å². The van der Waals surface area contributed by atoms with Gasteiger partial charge in [-0.15, -0.1) is 0 Å². The monoisotopic (exact) mass is 447 g/mol. The Hall–Kier alpha value is -3.40. The molecule has 10 heteroatoms. The molecule has 0 spiro atoms. The van der Waals surface area contributed by atoms with Crippen LogP contribution in [0.2, 0.25) is 0 Å². The fourth-order valence-electron chi connectivity index (χ4n) is 3.81. The number of morpholine rings is 1. The van der Waals surface area contributed by atoms with Crippen LogP contribution in [0.15, 0.2) is 42.5 Å². The molecule has 2 aromatic rings. The second-order valence-corrected chi connectivity index (χ2v) is 7.52. The van der Waals surface area contributed by atoms with Gasteiger partial charge in [0, 0.05) is 13.1 Å². The summed E-state index contributed by atoms with van der Waals surface area (Å²) < 4.78 is 45.2. The second kappa shape index (κ2) is 8.27. The zero-order valence-corrected chi connectivity index (χ0v) is 17.1. The maximum Gasteiger partial charge on any atom is 0.416 e. The van der Waals surface area contributed by atoms with E-state index in [1.807, 2.05) is 4.90 Å². The Balaban J connectivity index is 1.62. The molecule has 0 unspecified atom stereocenters. The van der Waals surface area contributed by atoms with Gasteiger partial charge in [0.25, 0.3) is 11.8 Å². The standard InChI is InChI=1S/C22H20F3N3O4/c1-13(28-20(30)15-4-2-3-5-16(15)21(28)31)19(29)26-17-12-14(22(23,24)25)6-7-18(17)27-8-10-32-11-9-27/h2-7,12-13H,8-11H2,1H3,(H,26,29)/t13-/m0/s1. The number of fused-ring (bicyclic) bond motifs is 1. The van der Waals surface area contributed by atoms with Crippen molar-refractivity contribution < 1.29 is 32.3 Å². The van der Waals surface area contributed by atoms with E-state index in [1.54, 1.807) is 12.1 Å². The summed E-state index contributed by atoms with van der Waals surface area (Å²) in [7, 11) is 0. The molecule has 1 N–H and O–H groups in total. The number of carbonyl (C=O) groups excluding carboxylic acids is 3. The van der Waals surface area contributed by atoms with Crippen LogP contribution < -0.4 is 10.2 Å². The molecule has 3 amide bonds. The molecule has 2 heterocycles. The van der Waals surface area contributed by atoms with Gasteiger partial charge in [-0.1, -0.05) is 12.1 Å². The van der Waals surface area contributed by atoms with Crippen LogP contribution in [-0.2, 0) is 15.7 Å². The minimum atomic E-state index is -4.60. The van der Waals surface area contributed by atoms with E-state index < -0.39 is 35.5 Å². The minimum Gasteiger partial charge on any atom is -0.378 e. The van der Waals surface area contributed by atoms with Crippen LogP contribution in [0.3, 0.4) is 0 Å². The number of alkyl halides is 3. The van der Waals surface area contributed by atoms with E-state index in [1.165, 1.54) is 25.1 Å². The van der Waals surface area contributed by atoms with Gasteiger partial charge in [-0.05, 0) is 37.3 Å². The van der Waals surface area contributed by atoms with Crippen LogP contribution in [0.4, 0.5) is 24.5 Å². The second-order valence-electron chi connectivity index (χ2n) is 7.52. The van der Waals surface area contributed by atoms with Crippen molar-refractivity contribution in [2.24, 2.45) is 0 Å². The quantitative estimate of drug-likeness (QED) is 0.729. The van der Waals surface area contributed by atoms with Crippen molar-refractivity contribution in [2.45, 2.75) is 19.1 Å². The summed E-state index contributed by atoms with van der Waals surface area (Å²) in [5.74, 6) is -2.01. The maximum absolute atomic E-state index is 13.3. The number of carbonyl (C=O) groups is 3. The number of nitrogens with one attached hydrogen (secondary N) is 1. The highest BCUT2D eigenvalue weighted by Crippen LogP contribution is 2.36. The number of rotatable bonds is 4. The summed E-state index contributed by atoms with van der Waals surface area (Å²) in [6.07, 6.45) is -4.60. The summed E-state index contributed by atoms with van der Waals surface area (Å²) in [6.45, 7) is 3.06. The Bertz CT molecular complexity index is 1050. The van der Waals surface area contributed by atoms with Crippen LogP contribution in [0.25, 0.3) is 0 Å². The normalized spacial score (nSPS) is 17.4. The summed E-state index contributed by atoms with van der Waals surface area (Å²) >= 11 is 0. The third-order valence-corrected chi connectivity index (χ3v) is 5.53. The fraction of sp³-hybridized carbons (Fsp3) is 0.318. The minimum absolute atomic E-state index is 0.0461. The number of benzene rings is 2. The lowest BCUT2D eigenvalue weighted by Crippen LogP contribution is -2.45. The lowest BCUT2D eigenvalue weighted by atomic mass is 10.1. The van der Waals surface area contributed by atoms with Gasteiger partial charge in [0.05, 0.1) is 41.3 Å². The van der Waals surface area contributed by atoms with Gasteiger partial charge in [0.1, 0.15) is 6.04 Å². The first kappa shape index (κ1) is 21.8. The van der Waals surface area contributed by atoms with E-state index in [0.29, 0.717) is 32.0 Å². The number of hydrogen-bond donors (Lipinski definition) is 1. The highest BCUT2D eigenvalue weighted by Gasteiger charge is 2.41. The van der Waals surface area contributed by atoms with Crippen molar-refractivity contribution in [1.82, 2.24) is 4.90 Å². The first-order chi connectivity index (χ1) is 15.2. The van der Waals surface area contributed by atoms with Crippen molar-refractivity contribution in [1.29, 1.82) is 0 Å². The van der Waals surface area contributed by atoms with E-state index in [2.05, 4.69) is 5.32 Å². The van der Waals surface area contributed by atoms with Gasteiger partial charge in [-0.2, -0.15) is 13.2 Å². The first-order valence-electron chi connectivity index (χ1n) is 10.00. The largest absolute Gasteiger partial charge is 0.416 e. The summed E-state index contributed by atoms with van der Waals surface area (Å²) in [6, 6.07) is 8.08. The highest BCUT2D eigenvalue weighted by molar-refractivity contribution is 6.23. The molecule has 0 aromatic heterocycles. The number of hydrogen-bond acceptors (Lipinski definition) is 5. The molecule has 1 saturated heterocycles. The Labute approximate surface area is 181 Å². The zero-order chi connectivity index (χ0) is 23.0. The van der Waals surface area contributed by atoms with E-state index >= 15 is 0 Å². The number of anilines is 2. The molecular weight excluding hydrogens is 427 g/mol. The molecule has 32 heavy (non-hydrogen) atoms. The molecule has 168 valence electrons. The summed E-state index contributed by atoms with van der Waals surface area (Å²) in [5, 5.41) is 2.50. The molecule has 0 aliphatic carbocycles. The molecule has 7 nitrogen and oxygen atoms in total. The van der Waals surface area contributed by atoms with Crippen LogP contribution in [0.5, 0.6) is 0 Å².